The van der Waals surface area contributed by atoms with Gasteiger partial charge in [0, 0.05) is 37.5 Å². The third-order valence-corrected chi connectivity index (χ3v) is 4.30. The third-order valence-electron chi connectivity index (χ3n) is 4.30. The molecule has 0 aliphatic carbocycles. The fourth-order valence-corrected chi connectivity index (χ4v) is 2.92. The number of nitrogens with one attached hydrogen (secondary N) is 1. The summed E-state index contributed by atoms with van der Waals surface area (Å²) in [5.41, 5.74) is 1.00. The van der Waals surface area contributed by atoms with Crippen molar-refractivity contribution in [3.63, 3.8) is 0 Å². The molecule has 1 amide bonds. The van der Waals surface area contributed by atoms with E-state index in [9.17, 15) is 13.6 Å². The number of aromatic nitrogens is 2. The maximum atomic E-state index is 13.9. The first-order chi connectivity index (χ1) is 14.8. The van der Waals surface area contributed by atoms with Crippen molar-refractivity contribution >= 4 is 23.9 Å². The van der Waals surface area contributed by atoms with Gasteiger partial charge in [-0.2, -0.15) is 5.10 Å². The van der Waals surface area contributed by atoms with E-state index >= 15 is 0 Å². The van der Waals surface area contributed by atoms with Gasteiger partial charge in [0.2, 0.25) is 0 Å². The maximum absolute atomic E-state index is 13.9. The summed E-state index contributed by atoms with van der Waals surface area (Å²) < 4.78 is 39.9. The van der Waals surface area contributed by atoms with E-state index in [1.54, 1.807) is 55.4 Å². The van der Waals surface area contributed by atoms with Crippen LogP contribution in [0.2, 0.25) is 0 Å². The number of hydrogen-bond acceptors (Lipinski definition) is 4. The number of ether oxygens (including phenoxy) is 2. The van der Waals surface area contributed by atoms with Crippen LogP contribution in [0.15, 0.2) is 48.7 Å². The number of benzene rings is 2. The average Bonchev–Trinajstić information content (AvgIpc) is 3.13. The third kappa shape index (κ3) is 6.23. The van der Waals surface area contributed by atoms with E-state index in [4.69, 9.17) is 9.47 Å². The van der Waals surface area contributed by atoms with Gasteiger partial charge in [0.25, 0.3) is 5.91 Å². The monoisotopic (exact) mass is 427 g/mol. The number of nitrogens with zero attached hydrogens (tertiary/aromatic N) is 2. The summed E-state index contributed by atoms with van der Waals surface area (Å²) in [6.45, 7) is 2.20. The second-order valence-corrected chi connectivity index (χ2v) is 7.00. The van der Waals surface area contributed by atoms with Gasteiger partial charge in [0.05, 0.1) is 6.61 Å². The molecule has 31 heavy (non-hydrogen) atoms. The topological polar surface area (TPSA) is 65.4 Å². The lowest BCUT2D eigenvalue weighted by Crippen LogP contribution is -2.19. The molecule has 3 rings (SSSR count). The number of carbonyl (C=O) groups excluding carboxylic acids is 1. The van der Waals surface area contributed by atoms with Crippen LogP contribution in [0.5, 0.6) is 5.75 Å². The van der Waals surface area contributed by atoms with Crippen LogP contribution in [-0.4, -0.2) is 35.5 Å². The van der Waals surface area contributed by atoms with E-state index in [1.807, 2.05) is 6.92 Å². The number of hydrogen-bond donors (Lipinski definition) is 1. The number of halogens is 2. The molecule has 0 saturated heterocycles. The van der Waals surface area contributed by atoms with Gasteiger partial charge in [-0.3, -0.25) is 9.48 Å². The van der Waals surface area contributed by atoms with E-state index < -0.39 is 11.6 Å². The highest BCUT2D eigenvalue weighted by molar-refractivity contribution is 6.04. The molecule has 0 spiro atoms. The molecule has 1 aromatic heterocycles. The van der Waals surface area contributed by atoms with E-state index in [0.717, 1.165) is 18.2 Å². The molecule has 0 unspecified atom stereocenters. The molecule has 0 radical (unpaired) electrons. The van der Waals surface area contributed by atoms with Crippen molar-refractivity contribution in [2.24, 2.45) is 7.05 Å². The highest BCUT2D eigenvalue weighted by Crippen LogP contribution is 2.22. The van der Waals surface area contributed by atoms with Crippen LogP contribution in [0.4, 0.5) is 14.6 Å². The van der Waals surface area contributed by atoms with Crippen LogP contribution >= 0.6 is 0 Å². The smallest absolute Gasteiger partial charge is 0.257 e. The molecular weight excluding hydrogens is 404 g/mol. The Balaban J connectivity index is 1.91. The minimum absolute atomic E-state index is 0.0959. The molecule has 6 nitrogen and oxygen atoms in total. The van der Waals surface area contributed by atoms with Crippen molar-refractivity contribution in [1.82, 2.24) is 9.78 Å². The minimum atomic E-state index is -0.549. The van der Waals surface area contributed by atoms with Crippen molar-refractivity contribution in [3.05, 3.63) is 77.0 Å². The molecule has 0 aliphatic rings. The van der Waals surface area contributed by atoms with Crippen molar-refractivity contribution in [1.29, 1.82) is 0 Å². The van der Waals surface area contributed by atoms with Crippen molar-refractivity contribution in [2.45, 2.75) is 13.0 Å². The Morgan fingerprint density at radius 2 is 2.00 bits per heavy atom. The standard InChI is InChI=1S/C23H23F2N3O3/c1-15(14-30-3)31-20-11-16(4-5-17-12-19(24)6-7-21(17)25)10-18(13-20)23(29)26-22-8-9-28(2)27-22/h4-13,15H,14H2,1-3H3,(H,26,27,29)/b5-4+/t15-/m0/s1. The number of aryl methyl sites for hydroxylation is 1. The lowest BCUT2D eigenvalue weighted by Gasteiger charge is -2.15. The lowest BCUT2D eigenvalue weighted by atomic mass is 10.1. The zero-order valence-corrected chi connectivity index (χ0v) is 17.4. The minimum Gasteiger partial charge on any atom is -0.488 e. The predicted molar refractivity (Wildman–Crippen MR) is 115 cm³/mol. The zero-order valence-electron chi connectivity index (χ0n) is 17.4. The highest BCUT2D eigenvalue weighted by Gasteiger charge is 2.12. The Morgan fingerprint density at radius 3 is 2.71 bits per heavy atom. The van der Waals surface area contributed by atoms with Gasteiger partial charge in [-0.1, -0.05) is 12.2 Å². The quantitative estimate of drug-likeness (QED) is 0.537. The van der Waals surface area contributed by atoms with Gasteiger partial charge in [-0.25, -0.2) is 8.78 Å². The Labute approximate surface area is 179 Å². The van der Waals surface area contributed by atoms with Crippen LogP contribution in [0, 0.1) is 11.6 Å². The van der Waals surface area contributed by atoms with Gasteiger partial charge in [-0.05, 0) is 48.9 Å². The van der Waals surface area contributed by atoms with Crippen LogP contribution in [-0.2, 0) is 11.8 Å². The van der Waals surface area contributed by atoms with Crippen LogP contribution < -0.4 is 10.1 Å². The van der Waals surface area contributed by atoms with Crippen LogP contribution in [0.25, 0.3) is 12.2 Å². The summed E-state index contributed by atoms with van der Waals surface area (Å²) in [6.07, 6.45) is 4.49. The SMILES string of the molecule is COC[C@H](C)Oc1cc(/C=C/c2cc(F)ccc2F)cc(C(=O)Nc2ccn(C)n2)c1. The molecule has 1 heterocycles. The molecule has 0 aliphatic heterocycles. The summed E-state index contributed by atoms with van der Waals surface area (Å²) in [6, 6.07) is 9.82. The number of amides is 1. The fourth-order valence-electron chi connectivity index (χ4n) is 2.92. The van der Waals surface area contributed by atoms with Gasteiger partial charge >= 0.3 is 0 Å². The van der Waals surface area contributed by atoms with E-state index in [1.165, 1.54) is 6.08 Å². The number of rotatable bonds is 8. The average molecular weight is 427 g/mol. The highest BCUT2D eigenvalue weighted by atomic mass is 19.1. The van der Waals surface area contributed by atoms with Gasteiger partial charge < -0.3 is 14.8 Å². The summed E-state index contributed by atoms with van der Waals surface area (Å²) in [5, 5.41) is 6.85. The lowest BCUT2D eigenvalue weighted by molar-refractivity contribution is 0.0917. The van der Waals surface area contributed by atoms with Crippen LogP contribution in [0.1, 0.15) is 28.4 Å². The maximum Gasteiger partial charge on any atom is 0.257 e. The molecule has 8 heteroatoms. The molecule has 0 bridgehead atoms. The molecule has 1 N–H and O–H groups in total. The van der Waals surface area contributed by atoms with Gasteiger partial charge in [0.1, 0.15) is 23.5 Å². The first-order valence-electron chi connectivity index (χ1n) is 9.59. The van der Waals surface area contributed by atoms with Crippen molar-refractivity contribution in [3.8, 4) is 5.75 Å². The normalized spacial score (nSPS) is 12.2. The first kappa shape index (κ1) is 22.2. The summed E-state index contributed by atoms with van der Waals surface area (Å²) in [7, 11) is 3.31. The first-order valence-corrected chi connectivity index (χ1v) is 9.59. The largest absolute Gasteiger partial charge is 0.488 e. The molecular formula is C23H23F2N3O3. The summed E-state index contributed by atoms with van der Waals surface area (Å²) in [4.78, 5) is 12.7. The van der Waals surface area contributed by atoms with E-state index in [-0.39, 0.29) is 17.6 Å². The Bertz CT molecular complexity index is 1100. The Morgan fingerprint density at radius 1 is 1.19 bits per heavy atom. The molecule has 3 aromatic rings. The summed E-state index contributed by atoms with van der Waals surface area (Å²) >= 11 is 0. The second-order valence-electron chi connectivity index (χ2n) is 7.00. The van der Waals surface area contributed by atoms with E-state index in [0.29, 0.717) is 29.3 Å². The number of anilines is 1. The van der Waals surface area contributed by atoms with E-state index in [2.05, 4.69) is 10.4 Å². The number of methoxy groups -OCH3 is 1. The van der Waals surface area contributed by atoms with Crippen molar-refractivity contribution < 1.29 is 23.0 Å². The summed E-state index contributed by atoms with van der Waals surface area (Å²) in [5.74, 6) is -0.618. The molecule has 1 atom stereocenters. The van der Waals surface area contributed by atoms with Crippen molar-refractivity contribution in [2.75, 3.05) is 19.0 Å². The molecule has 2 aromatic carbocycles. The molecule has 0 fully saturated rings. The van der Waals surface area contributed by atoms with Gasteiger partial charge in [0.15, 0.2) is 5.82 Å². The second kappa shape index (κ2) is 9.99. The molecule has 0 saturated carbocycles. The molecule has 162 valence electrons. The zero-order chi connectivity index (χ0) is 22.4. The fraction of sp³-hybridized carbons (Fsp3) is 0.217. The predicted octanol–water partition coefficient (Wildman–Crippen LogP) is 4.53. The van der Waals surface area contributed by atoms with Gasteiger partial charge in [-0.15, -0.1) is 0 Å². The Hall–Kier alpha value is -3.52. The Kier molecular flexibility index (Phi) is 7.15. The number of carbonyl (C=O) groups is 1. The van der Waals surface area contributed by atoms with Crippen LogP contribution in [0.3, 0.4) is 0 Å².